The van der Waals surface area contributed by atoms with E-state index in [-0.39, 0.29) is 18.1 Å². The third-order valence-electron chi connectivity index (χ3n) is 4.24. The Labute approximate surface area is 114 Å². The topological polar surface area (TPSA) is 81.7 Å². The second-order valence-corrected chi connectivity index (χ2v) is 6.18. The zero-order chi connectivity index (χ0) is 14.7. The van der Waals surface area contributed by atoms with E-state index in [0.29, 0.717) is 19.4 Å². The summed E-state index contributed by atoms with van der Waals surface area (Å²) in [7, 11) is 3.90. The molecule has 1 saturated carbocycles. The fourth-order valence-corrected chi connectivity index (χ4v) is 1.84. The lowest BCUT2D eigenvalue weighted by atomic mass is 9.69. The number of likely N-dealkylation sites (N-methyl/N-ethyl adjacent to an activating group) is 1. The summed E-state index contributed by atoms with van der Waals surface area (Å²) in [5.41, 5.74) is -0.882. The smallest absolute Gasteiger partial charge is 0.314 e. The molecule has 0 aromatic rings. The molecule has 2 amide bonds. The van der Waals surface area contributed by atoms with Crippen LogP contribution in [0, 0.1) is 5.41 Å². The molecule has 1 aliphatic carbocycles. The summed E-state index contributed by atoms with van der Waals surface area (Å²) in [4.78, 5) is 24.9. The number of amides is 2. The standard InChI is InChI=1S/C13H25N3O3/c1-12(2,16(3)4)8-14-11(19)15-9-13(10(17)18)6-5-7-13/h5-9H2,1-4H3,(H,17,18)(H2,14,15,19). The van der Waals surface area contributed by atoms with Gasteiger partial charge in [0, 0.05) is 18.6 Å². The third-order valence-corrected chi connectivity index (χ3v) is 4.24. The zero-order valence-electron chi connectivity index (χ0n) is 12.2. The van der Waals surface area contributed by atoms with Gasteiger partial charge in [0.25, 0.3) is 0 Å². The molecular weight excluding hydrogens is 246 g/mol. The van der Waals surface area contributed by atoms with Gasteiger partial charge in [-0.1, -0.05) is 6.42 Å². The number of nitrogens with zero attached hydrogens (tertiary/aromatic N) is 1. The first-order valence-corrected chi connectivity index (χ1v) is 6.62. The van der Waals surface area contributed by atoms with E-state index < -0.39 is 11.4 Å². The molecule has 0 saturated heterocycles. The Morgan fingerprint density at radius 1 is 1.26 bits per heavy atom. The zero-order valence-corrected chi connectivity index (χ0v) is 12.2. The molecule has 0 aliphatic heterocycles. The van der Waals surface area contributed by atoms with Crippen LogP contribution < -0.4 is 10.6 Å². The molecule has 0 radical (unpaired) electrons. The lowest BCUT2D eigenvalue weighted by Crippen LogP contribution is -2.53. The van der Waals surface area contributed by atoms with Crippen molar-refractivity contribution in [3.8, 4) is 0 Å². The first kappa shape index (κ1) is 15.8. The van der Waals surface area contributed by atoms with E-state index in [1.165, 1.54) is 0 Å². The Kier molecular flexibility index (Phi) is 4.79. The SMILES string of the molecule is CN(C)C(C)(C)CNC(=O)NCC1(C(=O)O)CCC1. The van der Waals surface area contributed by atoms with Crippen molar-refractivity contribution in [3.63, 3.8) is 0 Å². The van der Waals surface area contributed by atoms with Crippen molar-refractivity contribution in [2.75, 3.05) is 27.2 Å². The van der Waals surface area contributed by atoms with E-state index in [9.17, 15) is 9.59 Å². The molecule has 110 valence electrons. The molecule has 0 unspecified atom stereocenters. The molecule has 3 N–H and O–H groups in total. The molecular formula is C13H25N3O3. The Morgan fingerprint density at radius 3 is 2.21 bits per heavy atom. The van der Waals surface area contributed by atoms with Gasteiger partial charge in [0.05, 0.1) is 5.41 Å². The van der Waals surface area contributed by atoms with Crippen molar-refractivity contribution in [1.29, 1.82) is 0 Å². The van der Waals surface area contributed by atoms with Crippen LogP contribution in [0.25, 0.3) is 0 Å². The monoisotopic (exact) mass is 271 g/mol. The Morgan fingerprint density at radius 2 is 1.84 bits per heavy atom. The Bertz CT molecular complexity index is 349. The molecule has 0 aromatic carbocycles. The van der Waals surface area contributed by atoms with Crippen molar-refractivity contribution in [3.05, 3.63) is 0 Å². The van der Waals surface area contributed by atoms with Gasteiger partial charge in [-0.25, -0.2) is 4.79 Å². The number of carbonyl (C=O) groups excluding carboxylic acids is 1. The van der Waals surface area contributed by atoms with Gasteiger partial charge in [0.2, 0.25) is 0 Å². The first-order chi connectivity index (χ1) is 8.69. The van der Waals surface area contributed by atoms with E-state index in [4.69, 9.17) is 5.11 Å². The van der Waals surface area contributed by atoms with Crippen LogP contribution in [0.3, 0.4) is 0 Å². The van der Waals surface area contributed by atoms with Crippen LogP contribution >= 0.6 is 0 Å². The van der Waals surface area contributed by atoms with Crippen LogP contribution in [-0.2, 0) is 4.79 Å². The molecule has 6 nitrogen and oxygen atoms in total. The van der Waals surface area contributed by atoms with Crippen LogP contribution in [-0.4, -0.2) is 54.7 Å². The van der Waals surface area contributed by atoms with Crippen LogP contribution in [0.2, 0.25) is 0 Å². The highest BCUT2D eigenvalue weighted by Crippen LogP contribution is 2.40. The van der Waals surface area contributed by atoms with Gasteiger partial charge >= 0.3 is 12.0 Å². The molecule has 0 aromatic heterocycles. The summed E-state index contributed by atoms with van der Waals surface area (Å²) in [6, 6.07) is -0.303. The van der Waals surface area contributed by atoms with E-state index in [2.05, 4.69) is 10.6 Å². The molecule has 0 atom stereocenters. The number of hydrogen-bond donors (Lipinski definition) is 3. The predicted molar refractivity (Wildman–Crippen MR) is 73.1 cm³/mol. The fraction of sp³-hybridized carbons (Fsp3) is 0.846. The summed E-state index contributed by atoms with van der Waals surface area (Å²) in [5.74, 6) is -0.812. The third kappa shape index (κ3) is 3.83. The molecule has 1 aliphatic rings. The van der Waals surface area contributed by atoms with Gasteiger partial charge in [0.1, 0.15) is 0 Å². The fourth-order valence-electron chi connectivity index (χ4n) is 1.84. The van der Waals surface area contributed by atoms with E-state index >= 15 is 0 Å². The minimum Gasteiger partial charge on any atom is -0.481 e. The minimum absolute atomic E-state index is 0.141. The highest BCUT2D eigenvalue weighted by atomic mass is 16.4. The summed E-state index contributed by atoms with van der Waals surface area (Å²) < 4.78 is 0. The average molecular weight is 271 g/mol. The lowest BCUT2D eigenvalue weighted by molar-refractivity contribution is -0.153. The maximum Gasteiger partial charge on any atom is 0.314 e. The maximum absolute atomic E-state index is 11.7. The minimum atomic E-state index is -0.812. The molecule has 19 heavy (non-hydrogen) atoms. The summed E-state index contributed by atoms with van der Waals surface area (Å²) in [6.07, 6.45) is 2.21. The number of carboxylic acids is 1. The number of urea groups is 1. The highest BCUT2D eigenvalue weighted by molar-refractivity contribution is 5.78. The van der Waals surface area contributed by atoms with Gasteiger partial charge in [0.15, 0.2) is 0 Å². The van der Waals surface area contributed by atoms with Crippen molar-refractivity contribution in [2.45, 2.75) is 38.6 Å². The largest absolute Gasteiger partial charge is 0.481 e. The highest BCUT2D eigenvalue weighted by Gasteiger charge is 2.44. The number of rotatable bonds is 6. The Hall–Kier alpha value is -1.30. The van der Waals surface area contributed by atoms with E-state index in [0.717, 1.165) is 6.42 Å². The van der Waals surface area contributed by atoms with Gasteiger partial charge in [-0.15, -0.1) is 0 Å². The van der Waals surface area contributed by atoms with Gasteiger partial charge in [-0.2, -0.15) is 0 Å². The van der Waals surface area contributed by atoms with Gasteiger partial charge in [-0.05, 0) is 40.8 Å². The van der Waals surface area contributed by atoms with E-state index in [1.54, 1.807) is 0 Å². The van der Waals surface area contributed by atoms with Crippen LogP contribution in [0.5, 0.6) is 0 Å². The van der Waals surface area contributed by atoms with Gasteiger partial charge in [-0.3, -0.25) is 4.79 Å². The molecule has 1 rings (SSSR count). The average Bonchev–Trinajstić information content (AvgIpc) is 2.24. The number of aliphatic carboxylic acids is 1. The molecule has 0 heterocycles. The second-order valence-electron chi connectivity index (χ2n) is 6.18. The maximum atomic E-state index is 11.7. The molecule has 0 bridgehead atoms. The first-order valence-electron chi connectivity index (χ1n) is 6.62. The second kappa shape index (κ2) is 5.77. The van der Waals surface area contributed by atoms with Crippen molar-refractivity contribution >= 4 is 12.0 Å². The molecule has 0 spiro atoms. The van der Waals surface area contributed by atoms with E-state index in [1.807, 2.05) is 32.8 Å². The van der Waals surface area contributed by atoms with Crippen molar-refractivity contribution < 1.29 is 14.7 Å². The number of nitrogens with one attached hydrogen (secondary N) is 2. The Balaban J connectivity index is 2.34. The van der Waals surface area contributed by atoms with Crippen LogP contribution in [0.15, 0.2) is 0 Å². The molecule has 6 heteroatoms. The number of carboxylic acid groups (broad SMARTS) is 1. The predicted octanol–water partition coefficient (Wildman–Crippen LogP) is 0.881. The lowest BCUT2D eigenvalue weighted by Gasteiger charge is -2.37. The van der Waals surface area contributed by atoms with Gasteiger partial charge < -0.3 is 20.6 Å². The van der Waals surface area contributed by atoms with Crippen molar-refractivity contribution in [2.24, 2.45) is 5.41 Å². The van der Waals surface area contributed by atoms with Crippen molar-refractivity contribution in [1.82, 2.24) is 15.5 Å². The summed E-state index contributed by atoms with van der Waals surface area (Å²) >= 11 is 0. The summed E-state index contributed by atoms with van der Waals surface area (Å²) in [6.45, 7) is 4.76. The summed E-state index contributed by atoms with van der Waals surface area (Å²) in [5, 5.41) is 14.6. The van der Waals surface area contributed by atoms with Crippen LogP contribution in [0.4, 0.5) is 4.79 Å². The quantitative estimate of drug-likeness (QED) is 0.670. The molecule has 1 fully saturated rings. The number of carbonyl (C=O) groups is 2. The number of hydrogen-bond acceptors (Lipinski definition) is 3. The normalized spacial score (nSPS) is 17.7. The van der Waals surface area contributed by atoms with Crippen LogP contribution in [0.1, 0.15) is 33.1 Å².